The van der Waals surface area contributed by atoms with E-state index in [2.05, 4.69) is 10.3 Å². The van der Waals surface area contributed by atoms with Gasteiger partial charge >= 0.3 is 12.1 Å². The SMILES string of the molecule is CCOC(=O)C1C(c2ccccc2C(F)(F)F)c2c(ccnc2OC(C)C)NC1(C)N(C)Cc1ccccc1.Cl.Cl. The van der Waals surface area contributed by atoms with Crippen LogP contribution in [0.5, 0.6) is 5.88 Å². The Hall–Kier alpha value is -3.01. The monoisotopic (exact) mass is 613 g/mol. The van der Waals surface area contributed by atoms with E-state index in [1.165, 1.54) is 12.1 Å². The summed E-state index contributed by atoms with van der Waals surface area (Å²) in [5, 5.41) is 3.48. The first kappa shape index (κ1) is 34.2. The first-order valence-corrected chi connectivity index (χ1v) is 13.0. The Bertz CT molecular complexity index is 1310. The number of benzene rings is 2. The third-order valence-corrected chi connectivity index (χ3v) is 7.14. The predicted molar refractivity (Wildman–Crippen MR) is 158 cm³/mol. The number of carbonyl (C=O) groups is 1. The van der Waals surface area contributed by atoms with Gasteiger partial charge in [0.25, 0.3) is 0 Å². The lowest BCUT2D eigenvalue weighted by atomic mass is 9.69. The quantitative estimate of drug-likeness (QED) is 0.269. The molecule has 0 saturated carbocycles. The first-order valence-electron chi connectivity index (χ1n) is 13.0. The van der Waals surface area contributed by atoms with E-state index in [0.29, 0.717) is 17.8 Å². The maximum Gasteiger partial charge on any atom is 0.416 e. The van der Waals surface area contributed by atoms with Crippen LogP contribution in [0.3, 0.4) is 0 Å². The van der Waals surface area contributed by atoms with Gasteiger partial charge in [0, 0.05) is 29.9 Å². The van der Waals surface area contributed by atoms with Gasteiger partial charge in [-0.25, -0.2) is 4.98 Å². The number of carbonyl (C=O) groups excluding carboxylic acids is 1. The van der Waals surface area contributed by atoms with E-state index < -0.39 is 35.2 Å². The minimum absolute atomic E-state index is 0. The Kier molecular flexibility index (Phi) is 11.5. The number of pyridine rings is 1. The summed E-state index contributed by atoms with van der Waals surface area (Å²) < 4.78 is 54.8. The van der Waals surface area contributed by atoms with Crippen LogP contribution in [0.2, 0.25) is 0 Å². The number of ether oxygens (including phenoxy) is 2. The summed E-state index contributed by atoms with van der Waals surface area (Å²) in [6.07, 6.45) is -3.38. The molecule has 3 unspecified atom stereocenters. The van der Waals surface area contributed by atoms with Crippen molar-refractivity contribution in [2.75, 3.05) is 19.0 Å². The molecule has 224 valence electrons. The fourth-order valence-electron chi connectivity index (χ4n) is 5.34. The Balaban J connectivity index is 0.00000294. The molecule has 6 nitrogen and oxygen atoms in total. The van der Waals surface area contributed by atoms with E-state index in [4.69, 9.17) is 9.47 Å². The molecule has 0 radical (unpaired) electrons. The molecule has 1 aliphatic rings. The second kappa shape index (κ2) is 13.8. The lowest BCUT2D eigenvalue weighted by Crippen LogP contribution is -2.61. The highest BCUT2D eigenvalue weighted by atomic mass is 35.5. The van der Waals surface area contributed by atoms with Crippen LogP contribution in [0.25, 0.3) is 0 Å². The molecule has 0 amide bonds. The lowest BCUT2D eigenvalue weighted by molar-refractivity contribution is -0.155. The molecule has 0 spiro atoms. The summed E-state index contributed by atoms with van der Waals surface area (Å²) in [5.41, 5.74) is -0.0646. The van der Waals surface area contributed by atoms with Gasteiger partial charge in [-0.3, -0.25) is 9.69 Å². The van der Waals surface area contributed by atoms with Crippen molar-refractivity contribution in [2.24, 2.45) is 5.92 Å². The largest absolute Gasteiger partial charge is 0.475 e. The molecule has 1 N–H and O–H groups in total. The smallest absolute Gasteiger partial charge is 0.416 e. The minimum atomic E-state index is -4.64. The predicted octanol–water partition coefficient (Wildman–Crippen LogP) is 7.32. The second-order valence-corrected chi connectivity index (χ2v) is 10.2. The number of anilines is 1. The van der Waals surface area contributed by atoms with Crippen molar-refractivity contribution in [3.63, 3.8) is 0 Å². The molecular formula is C30H36Cl2F3N3O3. The highest BCUT2D eigenvalue weighted by Crippen LogP contribution is 2.53. The average Bonchev–Trinajstić information content (AvgIpc) is 2.88. The van der Waals surface area contributed by atoms with Crippen LogP contribution in [0.4, 0.5) is 18.9 Å². The summed E-state index contributed by atoms with van der Waals surface area (Å²) in [6.45, 7) is 7.65. The number of aromatic nitrogens is 1. The van der Waals surface area contributed by atoms with Crippen LogP contribution in [0.15, 0.2) is 66.9 Å². The Morgan fingerprint density at radius 1 is 1.07 bits per heavy atom. The molecule has 11 heteroatoms. The van der Waals surface area contributed by atoms with E-state index in [1.807, 2.05) is 63.1 Å². The number of nitrogens with one attached hydrogen (secondary N) is 1. The van der Waals surface area contributed by atoms with E-state index in [-0.39, 0.29) is 49.0 Å². The Labute approximate surface area is 251 Å². The standard InChI is InChI=1S/C30H34F3N3O3.2ClH/c1-6-38-28(37)26-24(21-14-10-11-15-22(21)30(31,32)33)25-23(16-17-34-27(25)39-19(2)3)35-29(26,4)36(5)18-20-12-8-7-9-13-20;;/h7-17,19,24,26,35H,6,18H2,1-5H3;2*1H. The topological polar surface area (TPSA) is 63.7 Å². The molecule has 2 heterocycles. The number of esters is 1. The third kappa shape index (κ3) is 7.08. The molecule has 1 aromatic heterocycles. The van der Waals surface area contributed by atoms with Crippen LogP contribution >= 0.6 is 24.8 Å². The van der Waals surface area contributed by atoms with Gasteiger partial charge in [0.15, 0.2) is 0 Å². The molecule has 0 saturated heterocycles. The number of fused-ring (bicyclic) bond motifs is 1. The number of alkyl halides is 3. The Morgan fingerprint density at radius 2 is 1.71 bits per heavy atom. The molecule has 0 fully saturated rings. The Morgan fingerprint density at radius 3 is 2.32 bits per heavy atom. The summed E-state index contributed by atoms with van der Waals surface area (Å²) in [7, 11) is 1.84. The van der Waals surface area contributed by atoms with Crippen molar-refractivity contribution < 1.29 is 27.4 Å². The average molecular weight is 615 g/mol. The maximum atomic E-state index is 14.4. The van der Waals surface area contributed by atoms with E-state index in [9.17, 15) is 18.0 Å². The lowest BCUT2D eigenvalue weighted by Gasteiger charge is -2.51. The minimum Gasteiger partial charge on any atom is -0.475 e. The van der Waals surface area contributed by atoms with Gasteiger partial charge in [-0.2, -0.15) is 13.2 Å². The van der Waals surface area contributed by atoms with Gasteiger partial charge < -0.3 is 14.8 Å². The van der Waals surface area contributed by atoms with Crippen LogP contribution < -0.4 is 10.1 Å². The van der Waals surface area contributed by atoms with Crippen LogP contribution in [0, 0.1) is 5.92 Å². The molecule has 41 heavy (non-hydrogen) atoms. The van der Waals surface area contributed by atoms with Gasteiger partial charge in [-0.15, -0.1) is 24.8 Å². The van der Waals surface area contributed by atoms with E-state index in [1.54, 1.807) is 25.3 Å². The van der Waals surface area contributed by atoms with Crippen molar-refractivity contribution in [3.8, 4) is 5.88 Å². The van der Waals surface area contributed by atoms with E-state index in [0.717, 1.165) is 11.6 Å². The maximum absolute atomic E-state index is 14.4. The van der Waals surface area contributed by atoms with Crippen LogP contribution in [-0.4, -0.2) is 41.3 Å². The molecular weight excluding hydrogens is 578 g/mol. The number of nitrogens with zero attached hydrogens (tertiary/aromatic N) is 2. The van der Waals surface area contributed by atoms with Gasteiger partial charge in [0.1, 0.15) is 11.6 Å². The fraction of sp³-hybridized carbons (Fsp3) is 0.400. The highest BCUT2D eigenvalue weighted by molar-refractivity contribution is 5.85. The number of halogens is 5. The summed E-state index contributed by atoms with van der Waals surface area (Å²) in [5.74, 6) is -2.58. The van der Waals surface area contributed by atoms with Crippen molar-refractivity contribution in [1.29, 1.82) is 0 Å². The van der Waals surface area contributed by atoms with Crippen molar-refractivity contribution in [3.05, 3.63) is 89.1 Å². The zero-order chi connectivity index (χ0) is 28.4. The summed E-state index contributed by atoms with van der Waals surface area (Å²) in [6, 6.07) is 16.8. The van der Waals surface area contributed by atoms with Crippen molar-refractivity contribution in [2.45, 2.75) is 58.1 Å². The number of hydrogen-bond acceptors (Lipinski definition) is 6. The van der Waals surface area contributed by atoms with Crippen molar-refractivity contribution in [1.82, 2.24) is 9.88 Å². The fourth-order valence-corrected chi connectivity index (χ4v) is 5.34. The molecule has 0 bridgehead atoms. The summed E-state index contributed by atoms with van der Waals surface area (Å²) >= 11 is 0. The normalized spacial score (nSPS) is 19.9. The molecule has 0 aliphatic carbocycles. The van der Waals surface area contributed by atoms with Crippen molar-refractivity contribution >= 4 is 36.5 Å². The molecule has 3 aromatic rings. The highest BCUT2D eigenvalue weighted by Gasteiger charge is 2.55. The van der Waals surface area contributed by atoms with Gasteiger partial charge in [-0.05, 0) is 58.0 Å². The number of rotatable bonds is 8. The number of hydrogen-bond donors (Lipinski definition) is 1. The molecule has 3 atom stereocenters. The molecule has 4 rings (SSSR count). The zero-order valence-corrected chi connectivity index (χ0v) is 25.2. The first-order chi connectivity index (χ1) is 18.5. The summed E-state index contributed by atoms with van der Waals surface area (Å²) in [4.78, 5) is 20.2. The van der Waals surface area contributed by atoms with Gasteiger partial charge in [-0.1, -0.05) is 48.5 Å². The van der Waals surface area contributed by atoms with E-state index >= 15 is 0 Å². The third-order valence-electron chi connectivity index (χ3n) is 7.14. The van der Waals surface area contributed by atoms with Gasteiger partial charge in [0.05, 0.1) is 18.3 Å². The molecule has 1 aliphatic heterocycles. The zero-order valence-electron chi connectivity index (χ0n) is 23.6. The van der Waals surface area contributed by atoms with Gasteiger partial charge in [0.2, 0.25) is 5.88 Å². The van der Waals surface area contributed by atoms with Crippen LogP contribution in [-0.2, 0) is 22.3 Å². The van der Waals surface area contributed by atoms with Crippen LogP contribution in [0.1, 0.15) is 55.9 Å². The second-order valence-electron chi connectivity index (χ2n) is 10.2. The molecule has 2 aromatic carbocycles.